The van der Waals surface area contributed by atoms with Gasteiger partial charge in [-0.15, -0.1) is 11.3 Å². The largest absolute Gasteiger partial charge is 0.390 e. The van der Waals surface area contributed by atoms with E-state index in [1.54, 1.807) is 11.3 Å². The number of thiazole rings is 1. The van der Waals surface area contributed by atoms with Crippen LogP contribution in [0.2, 0.25) is 0 Å². The lowest BCUT2D eigenvalue weighted by molar-refractivity contribution is 0.276. The van der Waals surface area contributed by atoms with E-state index in [2.05, 4.69) is 36.2 Å². The van der Waals surface area contributed by atoms with E-state index in [-0.39, 0.29) is 6.61 Å². The Morgan fingerprint density at radius 1 is 1.12 bits per heavy atom. The third-order valence-electron chi connectivity index (χ3n) is 2.83. The van der Waals surface area contributed by atoms with Crippen LogP contribution in [0.4, 0.5) is 0 Å². The Hall–Kier alpha value is -1.19. The molecule has 2 nitrogen and oxygen atoms in total. The van der Waals surface area contributed by atoms with Crippen molar-refractivity contribution in [2.24, 2.45) is 0 Å². The highest BCUT2D eigenvalue weighted by Gasteiger charge is 2.06. The van der Waals surface area contributed by atoms with Crippen molar-refractivity contribution in [2.75, 3.05) is 0 Å². The molecule has 0 aliphatic heterocycles. The minimum Gasteiger partial charge on any atom is -0.390 e. The number of hydrogen-bond acceptors (Lipinski definition) is 3. The maximum atomic E-state index is 9.09. The van der Waals surface area contributed by atoms with Crippen molar-refractivity contribution in [1.82, 2.24) is 4.98 Å². The molecule has 0 saturated carbocycles. The van der Waals surface area contributed by atoms with Crippen LogP contribution in [-0.2, 0) is 19.4 Å². The molecule has 0 unspecified atom stereocenters. The zero-order valence-electron chi connectivity index (χ0n) is 10.2. The maximum absolute atomic E-state index is 9.09. The summed E-state index contributed by atoms with van der Waals surface area (Å²) in [5.41, 5.74) is 3.46. The van der Waals surface area contributed by atoms with Gasteiger partial charge in [-0.25, -0.2) is 4.98 Å². The van der Waals surface area contributed by atoms with Crippen molar-refractivity contribution < 1.29 is 5.11 Å². The summed E-state index contributed by atoms with van der Waals surface area (Å²) in [6.07, 6.45) is 1.96. The fourth-order valence-electron chi connectivity index (χ4n) is 1.75. The number of benzene rings is 1. The smallest absolute Gasteiger partial charge is 0.0935 e. The molecule has 0 aliphatic carbocycles. The maximum Gasteiger partial charge on any atom is 0.0935 e. The fraction of sp³-hybridized carbons (Fsp3) is 0.357. The third kappa shape index (κ3) is 3.14. The molecule has 0 radical (unpaired) electrons. The normalized spacial score (nSPS) is 10.8. The highest BCUT2D eigenvalue weighted by Crippen LogP contribution is 2.19. The molecule has 3 heteroatoms. The lowest BCUT2D eigenvalue weighted by atomic mass is 10.1. The Bertz CT molecular complexity index is 487. The predicted octanol–water partition coefficient (Wildman–Crippen LogP) is 3.04. The van der Waals surface area contributed by atoms with Crippen molar-refractivity contribution in [2.45, 2.75) is 33.3 Å². The van der Waals surface area contributed by atoms with Crippen LogP contribution in [0.3, 0.4) is 0 Å². The van der Waals surface area contributed by atoms with E-state index in [4.69, 9.17) is 5.11 Å². The van der Waals surface area contributed by atoms with E-state index in [9.17, 15) is 0 Å². The van der Waals surface area contributed by atoms with Crippen LogP contribution >= 0.6 is 11.3 Å². The number of aliphatic hydroxyl groups excluding tert-OH is 1. The zero-order valence-corrected chi connectivity index (χ0v) is 11.0. The van der Waals surface area contributed by atoms with Gasteiger partial charge in [-0.2, -0.15) is 0 Å². The second kappa shape index (κ2) is 5.43. The molecular weight excluding hydrogens is 230 g/mol. The lowest BCUT2D eigenvalue weighted by Gasteiger charge is -1.99. The first kappa shape index (κ1) is 12.3. The average Bonchev–Trinajstić information content (AvgIpc) is 2.69. The molecule has 1 N–H and O–H groups in total. The quantitative estimate of drug-likeness (QED) is 0.901. The Balaban J connectivity index is 1.99. The Labute approximate surface area is 106 Å². The van der Waals surface area contributed by atoms with Gasteiger partial charge in [-0.3, -0.25) is 0 Å². The molecule has 0 fully saturated rings. The van der Waals surface area contributed by atoms with Crippen LogP contribution in [0.15, 0.2) is 24.3 Å². The summed E-state index contributed by atoms with van der Waals surface area (Å²) in [5.74, 6) is 0. The highest BCUT2D eigenvalue weighted by atomic mass is 32.1. The van der Waals surface area contributed by atoms with Crippen molar-refractivity contribution in [3.05, 3.63) is 51.0 Å². The van der Waals surface area contributed by atoms with E-state index in [0.717, 1.165) is 28.4 Å². The number of nitrogens with zero attached hydrogens (tertiary/aromatic N) is 1. The van der Waals surface area contributed by atoms with E-state index in [1.807, 2.05) is 6.92 Å². The second-order valence-electron chi connectivity index (χ2n) is 4.25. The van der Waals surface area contributed by atoms with E-state index in [0.29, 0.717) is 0 Å². The van der Waals surface area contributed by atoms with Crippen LogP contribution < -0.4 is 0 Å². The molecule has 0 atom stereocenters. The Morgan fingerprint density at radius 3 is 2.41 bits per heavy atom. The minimum absolute atomic E-state index is 0.0485. The van der Waals surface area contributed by atoms with E-state index < -0.39 is 0 Å². The molecule has 0 spiro atoms. The number of rotatable bonds is 4. The van der Waals surface area contributed by atoms with Gasteiger partial charge >= 0.3 is 0 Å². The number of aliphatic hydroxyl groups is 1. The summed E-state index contributed by atoms with van der Waals surface area (Å²) in [7, 11) is 0. The lowest BCUT2D eigenvalue weighted by Crippen LogP contribution is -1.92. The topological polar surface area (TPSA) is 33.1 Å². The van der Waals surface area contributed by atoms with Gasteiger partial charge in [0, 0.05) is 11.3 Å². The Kier molecular flexibility index (Phi) is 3.92. The average molecular weight is 247 g/mol. The van der Waals surface area contributed by atoms with Gasteiger partial charge in [0.1, 0.15) is 0 Å². The molecule has 1 aromatic heterocycles. The van der Waals surface area contributed by atoms with Gasteiger partial charge in [-0.05, 0) is 25.8 Å². The van der Waals surface area contributed by atoms with Gasteiger partial charge in [-0.1, -0.05) is 29.8 Å². The molecule has 0 bridgehead atoms. The molecular formula is C14H17NOS. The molecule has 2 aromatic rings. The van der Waals surface area contributed by atoms with Crippen molar-refractivity contribution in [3.8, 4) is 0 Å². The number of aryl methyl sites for hydroxylation is 4. The molecule has 90 valence electrons. The van der Waals surface area contributed by atoms with Crippen LogP contribution in [0, 0.1) is 13.8 Å². The first-order valence-electron chi connectivity index (χ1n) is 5.80. The number of aromatic nitrogens is 1. The SMILES string of the molecule is Cc1ccc(CCc2nc(CO)c(C)s2)cc1. The molecule has 1 aromatic carbocycles. The molecule has 0 saturated heterocycles. The summed E-state index contributed by atoms with van der Waals surface area (Å²) in [5, 5.41) is 10.2. The van der Waals surface area contributed by atoms with E-state index >= 15 is 0 Å². The fourth-order valence-corrected chi connectivity index (χ4v) is 2.69. The van der Waals surface area contributed by atoms with Gasteiger partial charge in [0.25, 0.3) is 0 Å². The molecule has 0 amide bonds. The monoisotopic (exact) mass is 247 g/mol. The van der Waals surface area contributed by atoms with Crippen molar-refractivity contribution >= 4 is 11.3 Å². The van der Waals surface area contributed by atoms with Crippen LogP contribution in [0.5, 0.6) is 0 Å². The summed E-state index contributed by atoms with van der Waals surface area (Å²) >= 11 is 1.69. The van der Waals surface area contributed by atoms with E-state index in [1.165, 1.54) is 11.1 Å². The van der Waals surface area contributed by atoms with Crippen LogP contribution in [-0.4, -0.2) is 10.1 Å². The third-order valence-corrected chi connectivity index (χ3v) is 3.91. The number of hydrogen-bond donors (Lipinski definition) is 1. The first-order valence-corrected chi connectivity index (χ1v) is 6.62. The first-order chi connectivity index (χ1) is 8.19. The summed E-state index contributed by atoms with van der Waals surface area (Å²) in [4.78, 5) is 5.56. The van der Waals surface area contributed by atoms with Crippen molar-refractivity contribution in [3.63, 3.8) is 0 Å². The van der Waals surface area contributed by atoms with Crippen LogP contribution in [0.25, 0.3) is 0 Å². The Morgan fingerprint density at radius 2 is 1.82 bits per heavy atom. The zero-order chi connectivity index (χ0) is 12.3. The van der Waals surface area contributed by atoms with Crippen LogP contribution in [0.1, 0.15) is 26.7 Å². The van der Waals surface area contributed by atoms with Gasteiger partial charge < -0.3 is 5.11 Å². The van der Waals surface area contributed by atoms with Gasteiger partial charge in [0.2, 0.25) is 0 Å². The predicted molar refractivity (Wildman–Crippen MR) is 71.4 cm³/mol. The molecule has 0 aliphatic rings. The molecule has 1 heterocycles. The minimum atomic E-state index is 0.0485. The van der Waals surface area contributed by atoms with Gasteiger partial charge in [0.05, 0.1) is 17.3 Å². The summed E-state index contributed by atoms with van der Waals surface area (Å²) < 4.78 is 0. The summed E-state index contributed by atoms with van der Waals surface area (Å²) in [6.45, 7) is 4.16. The molecule has 2 rings (SSSR count). The van der Waals surface area contributed by atoms with Gasteiger partial charge in [0.15, 0.2) is 0 Å². The molecule has 17 heavy (non-hydrogen) atoms. The second-order valence-corrected chi connectivity index (χ2v) is 5.54. The standard InChI is InChI=1S/C14H17NOS/c1-10-3-5-12(6-4-10)7-8-14-15-13(9-16)11(2)17-14/h3-6,16H,7-9H2,1-2H3. The van der Waals surface area contributed by atoms with Crippen molar-refractivity contribution in [1.29, 1.82) is 0 Å². The highest BCUT2D eigenvalue weighted by molar-refractivity contribution is 7.11. The summed E-state index contributed by atoms with van der Waals surface area (Å²) in [6, 6.07) is 8.62.